The summed E-state index contributed by atoms with van der Waals surface area (Å²) in [7, 11) is -3.68. The van der Waals surface area contributed by atoms with Crippen molar-refractivity contribution < 1.29 is 13.5 Å². The van der Waals surface area contributed by atoms with Crippen molar-refractivity contribution in [3.63, 3.8) is 0 Å². The van der Waals surface area contributed by atoms with E-state index in [1.807, 2.05) is 4.31 Å². The zero-order valence-electron chi connectivity index (χ0n) is 11.4. The Hall–Kier alpha value is -0.120. The number of aliphatic hydroxyl groups excluding tert-OH is 1. The van der Waals surface area contributed by atoms with Gasteiger partial charge < -0.3 is 10.4 Å². The first-order valence-corrected chi connectivity index (χ1v) is 8.66. The van der Waals surface area contributed by atoms with Gasteiger partial charge in [-0.05, 0) is 36.9 Å². The highest BCUT2D eigenvalue weighted by Crippen LogP contribution is 2.29. The fourth-order valence-electron chi connectivity index (χ4n) is 1.67. The first-order chi connectivity index (χ1) is 8.82. The molecular formula is C11H23N3O3S2. The third kappa shape index (κ3) is 6.24. The topological polar surface area (TPSA) is 95.7 Å². The molecule has 0 radical (unpaired) electrons. The summed E-state index contributed by atoms with van der Waals surface area (Å²) >= 11 is 1.15. The normalized spacial score (nSPS) is 21.7. The van der Waals surface area contributed by atoms with Crippen molar-refractivity contribution in [2.45, 2.75) is 26.3 Å². The molecule has 0 fully saturated rings. The van der Waals surface area contributed by atoms with Gasteiger partial charge in [0.1, 0.15) is 4.24 Å². The largest absolute Gasteiger partial charge is 0.396 e. The maximum Gasteiger partial charge on any atom is 0.245 e. The summed E-state index contributed by atoms with van der Waals surface area (Å²) in [6.45, 7) is 6.44. The average Bonchev–Trinajstić information content (AvgIpc) is 2.32. The summed E-state index contributed by atoms with van der Waals surface area (Å²) < 4.78 is 25.1. The standard InChI is InChI=1S/C11H23N3O3S2/c1-9(2)7-13-10-6-11(19(12,16)17)18-14(8-10)4-3-5-15/h6,9-10,13,15H,3-5,7-8H2,1-2H3,(H2,12,16,17)/t10-/m1/s1. The lowest BCUT2D eigenvalue weighted by atomic mass is 10.2. The number of hydrogen-bond donors (Lipinski definition) is 3. The summed E-state index contributed by atoms with van der Waals surface area (Å²) in [5.74, 6) is 0.492. The molecule has 0 spiro atoms. The van der Waals surface area contributed by atoms with Crippen LogP contribution in [0.4, 0.5) is 0 Å². The van der Waals surface area contributed by atoms with Crippen molar-refractivity contribution in [1.82, 2.24) is 9.62 Å². The van der Waals surface area contributed by atoms with Crippen LogP contribution in [0, 0.1) is 5.92 Å². The molecule has 0 unspecified atom stereocenters. The lowest BCUT2D eigenvalue weighted by Crippen LogP contribution is -2.42. The Bertz CT molecular complexity index is 409. The second-order valence-electron chi connectivity index (χ2n) is 5.00. The molecule has 4 N–H and O–H groups in total. The summed E-state index contributed by atoms with van der Waals surface area (Å²) in [5, 5.41) is 17.4. The number of hydrogen-bond acceptors (Lipinski definition) is 6. The predicted molar refractivity (Wildman–Crippen MR) is 78.7 cm³/mol. The molecule has 0 amide bonds. The molecule has 1 aliphatic heterocycles. The highest BCUT2D eigenvalue weighted by molar-refractivity contribution is 8.16. The molecule has 0 aromatic rings. The minimum Gasteiger partial charge on any atom is -0.396 e. The molecule has 19 heavy (non-hydrogen) atoms. The van der Waals surface area contributed by atoms with E-state index >= 15 is 0 Å². The molecule has 0 saturated heterocycles. The van der Waals surface area contributed by atoms with Crippen LogP contribution in [0.15, 0.2) is 10.3 Å². The smallest absolute Gasteiger partial charge is 0.245 e. The molecule has 0 aliphatic carbocycles. The van der Waals surface area contributed by atoms with Gasteiger partial charge in [-0.15, -0.1) is 0 Å². The van der Waals surface area contributed by atoms with Gasteiger partial charge in [0.25, 0.3) is 0 Å². The van der Waals surface area contributed by atoms with Gasteiger partial charge in [0.2, 0.25) is 10.0 Å². The Balaban J connectivity index is 2.73. The molecule has 1 heterocycles. The maximum absolute atomic E-state index is 11.5. The van der Waals surface area contributed by atoms with Crippen molar-refractivity contribution in [2.75, 3.05) is 26.2 Å². The molecule has 6 nitrogen and oxygen atoms in total. The lowest BCUT2D eigenvalue weighted by molar-refractivity contribution is 0.270. The van der Waals surface area contributed by atoms with E-state index in [2.05, 4.69) is 19.2 Å². The number of nitrogens with zero attached hydrogens (tertiary/aromatic N) is 1. The minimum atomic E-state index is -3.68. The SMILES string of the molecule is CC(C)CN[C@@H]1C=C(S(N)(=O)=O)SN(CCCO)C1. The van der Waals surface area contributed by atoms with E-state index in [4.69, 9.17) is 10.2 Å². The van der Waals surface area contributed by atoms with Gasteiger partial charge in [-0.3, -0.25) is 0 Å². The van der Waals surface area contributed by atoms with Crippen LogP contribution >= 0.6 is 11.9 Å². The molecular weight excluding hydrogens is 286 g/mol. The highest BCUT2D eigenvalue weighted by atomic mass is 32.3. The average molecular weight is 309 g/mol. The number of primary sulfonamides is 1. The number of aliphatic hydroxyl groups is 1. The fourth-order valence-corrected chi connectivity index (χ4v) is 3.69. The van der Waals surface area contributed by atoms with E-state index in [0.29, 0.717) is 25.4 Å². The Morgan fingerprint density at radius 2 is 2.32 bits per heavy atom. The number of nitrogens with two attached hydrogens (primary N) is 1. The number of nitrogens with one attached hydrogen (secondary N) is 1. The van der Waals surface area contributed by atoms with Crippen LogP contribution < -0.4 is 10.5 Å². The van der Waals surface area contributed by atoms with Crippen molar-refractivity contribution in [3.05, 3.63) is 10.3 Å². The van der Waals surface area contributed by atoms with Crippen molar-refractivity contribution in [2.24, 2.45) is 11.1 Å². The predicted octanol–water partition coefficient (Wildman–Crippen LogP) is 0.0767. The molecule has 8 heteroatoms. The van der Waals surface area contributed by atoms with Crippen LogP contribution in [0.3, 0.4) is 0 Å². The van der Waals surface area contributed by atoms with Crippen LogP contribution in [0.2, 0.25) is 0 Å². The Labute approximate surface area is 119 Å². The van der Waals surface area contributed by atoms with Gasteiger partial charge in [-0.2, -0.15) is 0 Å². The summed E-state index contributed by atoms with van der Waals surface area (Å²) in [6.07, 6.45) is 2.29. The molecule has 0 aromatic heterocycles. The first-order valence-electron chi connectivity index (χ1n) is 6.34. The zero-order valence-corrected chi connectivity index (χ0v) is 13.0. The van der Waals surface area contributed by atoms with Crippen molar-refractivity contribution in [3.8, 4) is 0 Å². The first kappa shape index (κ1) is 16.9. The van der Waals surface area contributed by atoms with Gasteiger partial charge in [-0.1, -0.05) is 13.8 Å². The van der Waals surface area contributed by atoms with Crippen molar-refractivity contribution >= 4 is 22.0 Å². The van der Waals surface area contributed by atoms with E-state index in [0.717, 1.165) is 18.5 Å². The van der Waals surface area contributed by atoms with Gasteiger partial charge >= 0.3 is 0 Å². The molecule has 0 aromatic carbocycles. The Kier molecular flexibility index (Phi) is 6.78. The lowest BCUT2D eigenvalue weighted by Gasteiger charge is -2.31. The summed E-state index contributed by atoms with van der Waals surface area (Å²) in [4.78, 5) is 0. The van der Waals surface area contributed by atoms with E-state index in [9.17, 15) is 8.42 Å². The monoisotopic (exact) mass is 309 g/mol. The van der Waals surface area contributed by atoms with Crippen LogP contribution in [-0.4, -0.2) is 50.1 Å². The molecule has 1 aliphatic rings. The van der Waals surface area contributed by atoms with Crippen LogP contribution in [0.5, 0.6) is 0 Å². The maximum atomic E-state index is 11.5. The zero-order chi connectivity index (χ0) is 14.5. The molecule has 112 valence electrons. The van der Waals surface area contributed by atoms with Gasteiger partial charge in [0.05, 0.1) is 0 Å². The number of rotatable bonds is 7. The van der Waals surface area contributed by atoms with E-state index in [-0.39, 0.29) is 16.9 Å². The van der Waals surface area contributed by atoms with Gasteiger partial charge in [0.15, 0.2) is 0 Å². The Morgan fingerprint density at radius 3 is 2.84 bits per heavy atom. The van der Waals surface area contributed by atoms with Crippen LogP contribution in [-0.2, 0) is 10.0 Å². The van der Waals surface area contributed by atoms with E-state index in [1.165, 1.54) is 0 Å². The molecule has 1 rings (SSSR count). The summed E-state index contributed by atoms with van der Waals surface area (Å²) in [5.41, 5.74) is 0. The second kappa shape index (κ2) is 7.61. The van der Waals surface area contributed by atoms with E-state index < -0.39 is 10.0 Å². The summed E-state index contributed by atoms with van der Waals surface area (Å²) in [6, 6.07) is -0.0318. The third-order valence-electron chi connectivity index (χ3n) is 2.59. The van der Waals surface area contributed by atoms with E-state index in [1.54, 1.807) is 6.08 Å². The molecule has 0 bridgehead atoms. The van der Waals surface area contributed by atoms with Gasteiger partial charge in [0, 0.05) is 25.7 Å². The van der Waals surface area contributed by atoms with Gasteiger partial charge in [-0.25, -0.2) is 17.9 Å². The highest BCUT2D eigenvalue weighted by Gasteiger charge is 2.26. The minimum absolute atomic E-state index is 0.0318. The van der Waals surface area contributed by atoms with Crippen LogP contribution in [0.25, 0.3) is 0 Å². The second-order valence-corrected chi connectivity index (χ2v) is 7.92. The Morgan fingerprint density at radius 1 is 1.63 bits per heavy atom. The number of sulfonamides is 1. The quantitative estimate of drug-likeness (QED) is 0.576. The molecule has 0 saturated carbocycles. The van der Waals surface area contributed by atoms with Crippen LogP contribution in [0.1, 0.15) is 20.3 Å². The molecule has 1 atom stereocenters. The fraction of sp³-hybridized carbons (Fsp3) is 0.818. The van der Waals surface area contributed by atoms with Crippen molar-refractivity contribution in [1.29, 1.82) is 0 Å². The third-order valence-corrected chi connectivity index (χ3v) is 5.11.